The van der Waals surface area contributed by atoms with Gasteiger partial charge in [-0.15, -0.1) is 0 Å². The van der Waals surface area contributed by atoms with E-state index in [9.17, 15) is 4.79 Å². The van der Waals surface area contributed by atoms with Gasteiger partial charge in [-0.25, -0.2) is 9.97 Å². The van der Waals surface area contributed by atoms with E-state index in [-0.39, 0.29) is 5.91 Å². The van der Waals surface area contributed by atoms with E-state index in [1.165, 1.54) is 0 Å². The molecule has 23 heavy (non-hydrogen) atoms. The van der Waals surface area contributed by atoms with Crippen molar-refractivity contribution in [1.29, 1.82) is 0 Å². The number of aromatic nitrogens is 2. The first-order chi connectivity index (χ1) is 11.1. The molecule has 0 aliphatic heterocycles. The number of nitrogens with one attached hydrogen (secondary N) is 2. The molecule has 2 aromatic rings. The van der Waals surface area contributed by atoms with Crippen LogP contribution in [0.25, 0.3) is 0 Å². The Morgan fingerprint density at radius 1 is 1.22 bits per heavy atom. The number of benzene rings is 1. The summed E-state index contributed by atoms with van der Waals surface area (Å²) in [5.74, 6) is 0.889. The zero-order chi connectivity index (χ0) is 16.7. The highest BCUT2D eigenvalue weighted by molar-refractivity contribution is 6.02. The van der Waals surface area contributed by atoms with Gasteiger partial charge in [0.1, 0.15) is 11.4 Å². The number of methoxy groups -OCH3 is 1. The van der Waals surface area contributed by atoms with Crippen molar-refractivity contribution in [2.24, 2.45) is 0 Å². The Hall–Kier alpha value is -2.67. The van der Waals surface area contributed by atoms with Crippen LogP contribution in [0.3, 0.4) is 0 Å². The average Bonchev–Trinajstić information content (AvgIpc) is 2.55. The van der Waals surface area contributed by atoms with Crippen molar-refractivity contribution in [1.82, 2.24) is 14.9 Å². The second kappa shape index (κ2) is 8.09. The Kier molecular flexibility index (Phi) is 5.87. The van der Waals surface area contributed by atoms with E-state index in [1.54, 1.807) is 43.6 Å². The third-order valence-electron chi connectivity index (χ3n) is 3.08. The third kappa shape index (κ3) is 5.23. The molecule has 1 amide bonds. The average molecular weight is 315 g/mol. The lowest BCUT2D eigenvalue weighted by atomic mass is 10.3. The van der Waals surface area contributed by atoms with Crippen LogP contribution in [-0.2, 0) is 0 Å². The number of rotatable bonds is 7. The summed E-state index contributed by atoms with van der Waals surface area (Å²) in [6.45, 7) is 1.56. The number of anilines is 2. The van der Waals surface area contributed by atoms with E-state index < -0.39 is 0 Å². The minimum absolute atomic E-state index is 0.284. The quantitative estimate of drug-likeness (QED) is 0.810. The van der Waals surface area contributed by atoms with E-state index in [0.29, 0.717) is 23.9 Å². The minimum Gasteiger partial charge on any atom is -0.497 e. The minimum atomic E-state index is -0.284. The van der Waals surface area contributed by atoms with Gasteiger partial charge in [0.25, 0.3) is 5.91 Å². The summed E-state index contributed by atoms with van der Waals surface area (Å²) >= 11 is 0. The maximum atomic E-state index is 12.2. The van der Waals surface area contributed by atoms with E-state index in [1.807, 2.05) is 19.0 Å². The third-order valence-corrected chi connectivity index (χ3v) is 3.08. The van der Waals surface area contributed by atoms with Gasteiger partial charge in [-0.2, -0.15) is 0 Å². The summed E-state index contributed by atoms with van der Waals surface area (Å²) in [5.41, 5.74) is 0.986. The lowest BCUT2D eigenvalue weighted by Crippen LogP contribution is -2.22. The van der Waals surface area contributed by atoms with Gasteiger partial charge in [-0.1, -0.05) is 0 Å². The van der Waals surface area contributed by atoms with Crippen molar-refractivity contribution in [3.05, 3.63) is 42.2 Å². The number of likely N-dealkylation sites (N-methyl/N-ethyl adjacent to an activating group) is 1. The fraction of sp³-hybridized carbons (Fsp3) is 0.312. The molecule has 0 atom stereocenters. The number of carbonyl (C=O) groups excluding carboxylic acids is 1. The number of hydrogen-bond acceptors (Lipinski definition) is 6. The zero-order valence-corrected chi connectivity index (χ0v) is 13.5. The van der Waals surface area contributed by atoms with Gasteiger partial charge in [0.15, 0.2) is 0 Å². The largest absolute Gasteiger partial charge is 0.497 e. The summed E-state index contributed by atoms with van der Waals surface area (Å²) in [7, 11) is 5.57. The van der Waals surface area contributed by atoms with Crippen LogP contribution in [0.4, 0.5) is 11.6 Å². The molecule has 0 spiro atoms. The van der Waals surface area contributed by atoms with Crippen LogP contribution < -0.4 is 15.4 Å². The monoisotopic (exact) mass is 315 g/mol. The molecule has 0 aliphatic rings. The standard InChI is InChI=1S/C16H21N5O2/c1-21(2)11-10-18-16-17-9-8-14(20-16)15(22)19-12-4-6-13(23-3)7-5-12/h4-9H,10-11H2,1-3H3,(H,19,22)(H,17,18,20). The molecule has 1 aromatic heterocycles. The zero-order valence-electron chi connectivity index (χ0n) is 13.5. The highest BCUT2D eigenvalue weighted by Gasteiger charge is 2.09. The fourth-order valence-electron chi connectivity index (χ4n) is 1.83. The molecule has 0 aliphatic carbocycles. The van der Waals surface area contributed by atoms with Gasteiger partial charge in [-0.05, 0) is 44.4 Å². The van der Waals surface area contributed by atoms with Gasteiger partial charge >= 0.3 is 0 Å². The van der Waals surface area contributed by atoms with Crippen LogP contribution in [0.5, 0.6) is 5.75 Å². The van der Waals surface area contributed by atoms with Crippen molar-refractivity contribution in [3.63, 3.8) is 0 Å². The molecular weight excluding hydrogens is 294 g/mol. The van der Waals surface area contributed by atoms with Crippen LogP contribution in [0.15, 0.2) is 36.5 Å². The number of amides is 1. The van der Waals surface area contributed by atoms with Gasteiger partial charge in [0, 0.05) is 25.0 Å². The Morgan fingerprint density at radius 3 is 2.61 bits per heavy atom. The van der Waals surface area contributed by atoms with Crippen LogP contribution in [-0.4, -0.2) is 55.1 Å². The lowest BCUT2D eigenvalue weighted by Gasteiger charge is -2.11. The molecule has 7 nitrogen and oxygen atoms in total. The molecule has 7 heteroatoms. The van der Waals surface area contributed by atoms with E-state index >= 15 is 0 Å². The normalized spacial score (nSPS) is 10.4. The lowest BCUT2D eigenvalue weighted by molar-refractivity contribution is 0.102. The van der Waals surface area contributed by atoms with Crippen LogP contribution >= 0.6 is 0 Å². The summed E-state index contributed by atoms with van der Waals surface area (Å²) in [6, 6.07) is 8.69. The molecule has 0 bridgehead atoms. The van der Waals surface area contributed by atoms with Crippen LogP contribution in [0.2, 0.25) is 0 Å². The Morgan fingerprint density at radius 2 is 1.96 bits per heavy atom. The Labute approximate surface area is 135 Å². The van der Waals surface area contributed by atoms with Gasteiger partial charge in [-0.3, -0.25) is 4.79 Å². The molecule has 0 unspecified atom stereocenters. The maximum Gasteiger partial charge on any atom is 0.274 e. The van der Waals surface area contributed by atoms with Gasteiger partial charge in [0.2, 0.25) is 5.95 Å². The first kappa shape index (κ1) is 16.7. The van der Waals surface area contributed by atoms with Crippen LogP contribution in [0, 0.1) is 0 Å². The number of hydrogen-bond donors (Lipinski definition) is 2. The van der Waals surface area contributed by atoms with Crippen molar-refractivity contribution in [2.75, 3.05) is 44.9 Å². The summed E-state index contributed by atoms with van der Waals surface area (Å²) in [5, 5.41) is 5.88. The summed E-state index contributed by atoms with van der Waals surface area (Å²) < 4.78 is 5.08. The second-order valence-electron chi connectivity index (χ2n) is 5.18. The Bertz CT molecular complexity index is 643. The number of ether oxygens (including phenoxy) is 1. The van der Waals surface area contributed by atoms with Gasteiger partial charge < -0.3 is 20.3 Å². The molecule has 2 N–H and O–H groups in total. The van der Waals surface area contributed by atoms with Crippen molar-refractivity contribution < 1.29 is 9.53 Å². The predicted molar refractivity (Wildman–Crippen MR) is 90.0 cm³/mol. The van der Waals surface area contributed by atoms with Gasteiger partial charge in [0.05, 0.1) is 7.11 Å². The Balaban J connectivity index is 1.98. The molecule has 2 rings (SSSR count). The molecular formula is C16H21N5O2. The topological polar surface area (TPSA) is 79.4 Å². The molecule has 0 saturated carbocycles. The molecule has 0 saturated heterocycles. The highest BCUT2D eigenvalue weighted by Crippen LogP contribution is 2.15. The fourth-order valence-corrected chi connectivity index (χ4v) is 1.83. The number of carbonyl (C=O) groups is 1. The highest BCUT2D eigenvalue weighted by atomic mass is 16.5. The SMILES string of the molecule is COc1ccc(NC(=O)c2ccnc(NCCN(C)C)n2)cc1. The number of nitrogens with zero attached hydrogens (tertiary/aromatic N) is 3. The smallest absolute Gasteiger partial charge is 0.274 e. The molecule has 0 fully saturated rings. The van der Waals surface area contributed by atoms with Crippen molar-refractivity contribution in [2.45, 2.75) is 0 Å². The summed E-state index contributed by atoms with van der Waals surface area (Å²) in [6.07, 6.45) is 1.56. The van der Waals surface area contributed by atoms with E-state index in [0.717, 1.165) is 12.3 Å². The van der Waals surface area contributed by atoms with Crippen molar-refractivity contribution in [3.8, 4) is 5.75 Å². The first-order valence-electron chi connectivity index (χ1n) is 7.25. The molecule has 1 heterocycles. The maximum absolute atomic E-state index is 12.2. The van der Waals surface area contributed by atoms with Crippen molar-refractivity contribution >= 4 is 17.5 Å². The van der Waals surface area contributed by atoms with Crippen LogP contribution in [0.1, 0.15) is 10.5 Å². The first-order valence-corrected chi connectivity index (χ1v) is 7.25. The summed E-state index contributed by atoms with van der Waals surface area (Å²) in [4.78, 5) is 22.6. The molecule has 1 aromatic carbocycles. The predicted octanol–water partition coefficient (Wildman–Crippen LogP) is 1.71. The second-order valence-corrected chi connectivity index (χ2v) is 5.18. The molecule has 122 valence electrons. The van der Waals surface area contributed by atoms with E-state index in [2.05, 4.69) is 20.6 Å². The molecule has 0 radical (unpaired) electrons. The van der Waals surface area contributed by atoms with E-state index in [4.69, 9.17) is 4.74 Å².